The van der Waals surface area contributed by atoms with Crippen molar-refractivity contribution in [3.8, 4) is 28.8 Å². The summed E-state index contributed by atoms with van der Waals surface area (Å²) in [6.07, 6.45) is 6.98. The summed E-state index contributed by atoms with van der Waals surface area (Å²) in [5.74, 6) is 6.09. The van der Waals surface area contributed by atoms with Crippen LogP contribution in [-0.4, -0.2) is 58.0 Å². The highest BCUT2D eigenvalue weighted by molar-refractivity contribution is 5.96. The smallest absolute Gasteiger partial charge is 0.254 e. The number of fused-ring (bicyclic) bond motifs is 1. The Morgan fingerprint density at radius 3 is 2.70 bits per heavy atom. The van der Waals surface area contributed by atoms with Gasteiger partial charge >= 0.3 is 0 Å². The lowest BCUT2D eigenvalue weighted by molar-refractivity contribution is 0.0692. The molecule has 2 aromatic carbocycles. The molecular weight excluding hydrogens is 509 g/mol. The third-order valence-corrected chi connectivity index (χ3v) is 7.14. The summed E-state index contributed by atoms with van der Waals surface area (Å²) in [6.45, 7) is 4.36. The van der Waals surface area contributed by atoms with Gasteiger partial charge in [-0.2, -0.15) is 0 Å². The van der Waals surface area contributed by atoms with Crippen molar-refractivity contribution in [3.63, 3.8) is 0 Å². The third-order valence-electron chi connectivity index (χ3n) is 7.14. The molecule has 1 saturated heterocycles. The van der Waals surface area contributed by atoms with Gasteiger partial charge in [0.25, 0.3) is 5.91 Å². The fraction of sp³-hybridized carbons (Fsp3) is 0.300. The highest BCUT2D eigenvalue weighted by Gasteiger charge is 2.24. The molecule has 0 spiro atoms. The SMILES string of the molecule is Cc1cc(Nc2nccn3c(-c4ccc(OCC#CCN)c(F)c4)cnc23)ccc1C(=O)N1CCC(CN)CC1. The van der Waals surface area contributed by atoms with Crippen LogP contribution in [0.1, 0.15) is 28.8 Å². The van der Waals surface area contributed by atoms with Crippen molar-refractivity contribution in [1.29, 1.82) is 0 Å². The van der Waals surface area contributed by atoms with Crippen molar-refractivity contribution in [2.75, 3.05) is 38.1 Å². The molecule has 1 amide bonds. The van der Waals surface area contributed by atoms with Gasteiger partial charge in [0.15, 0.2) is 23.0 Å². The van der Waals surface area contributed by atoms with E-state index in [2.05, 4.69) is 27.1 Å². The number of anilines is 2. The summed E-state index contributed by atoms with van der Waals surface area (Å²) in [5, 5.41) is 3.32. The van der Waals surface area contributed by atoms with Gasteiger partial charge in [0, 0.05) is 42.3 Å². The Balaban J connectivity index is 1.33. The van der Waals surface area contributed by atoms with E-state index in [1.165, 1.54) is 6.07 Å². The van der Waals surface area contributed by atoms with Crippen LogP contribution in [0.5, 0.6) is 5.75 Å². The van der Waals surface area contributed by atoms with Gasteiger partial charge in [-0.3, -0.25) is 9.20 Å². The summed E-state index contributed by atoms with van der Waals surface area (Å²) in [6, 6.07) is 10.4. The number of halogens is 1. The standard InChI is InChI=1S/C30H32FN7O2/c1-20-16-23(5-6-24(20)30(39)37-12-8-21(18-33)9-13-37)36-28-29-35-19-26(38(29)14-11-34-28)22-4-7-27(25(31)17-22)40-15-3-2-10-32/h4-7,11,14,16-17,19,21H,8-10,12-13,15,18,32-33H2,1H3,(H,34,36). The monoisotopic (exact) mass is 541 g/mol. The largest absolute Gasteiger partial charge is 0.478 e. The van der Waals surface area contributed by atoms with Crippen molar-refractivity contribution in [3.05, 3.63) is 71.9 Å². The number of nitrogens with one attached hydrogen (secondary N) is 1. The van der Waals surface area contributed by atoms with Crippen LogP contribution in [0.4, 0.5) is 15.9 Å². The number of aromatic nitrogens is 3. The van der Waals surface area contributed by atoms with Gasteiger partial charge in [0.1, 0.15) is 6.61 Å². The van der Waals surface area contributed by atoms with E-state index >= 15 is 0 Å². The van der Waals surface area contributed by atoms with Crippen LogP contribution in [0.25, 0.3) is 16.9 Å². The molecule has 0 unspecified atom stereocenters. The van der Waals surface area contributed by atoms with Gasteiger partial charge in [0.05, 0.1) is 18.4 Å². The Morgan fingerprint density at radius 1 is 1.15 bits per heavy atom. The predicted octanol–water partition coefficient (Wildman–Crippen LogP) is 3.74. The summed E-state index contributed by atoms with van der Waals surface area (Å²) >= 11 is 0. The number of aryl methyl sites for hydroxylation is 1. The Kier molecular flexibility index (Phi) is 8.24. The van der Waals surface area contributed by atoms with Crippen LogP contribution in [0.3, 0.4) is 0 Å². The van der Waals surface area contributed by atoms with E-state index in [1.54, 1.807) is 30.7 Å². The van der Waals surface area contributed by atoms with E-state index in [1.807, 2.05) is 34.4 Å². The number of likely N-dealkylation sites (tertiary alicyclic amines) is 1. The van der Waals surface area contributed by atoms with Gasteiger partial charge < -0.3 is 26.4 Å². The average Bonchev–Trinajstić information content (AvgIpc) is 3.41. The number of benzene rings is 2. The minimum Gasteiger partial charge on any atom is -0.478 e. The maximum atomic E-state index is 14.7. The molecular formula is C30H32FN7O2. The van der Waals surface area contributed by atoms with Gasteiger partial charge in [-0.05, 0) is 74.2 Å². The summed E-state index contributed by atoms with van der Waals surface area (Å²) in [7, 11) is 0. The second-order valence-electron chi connectivity index (χ2n) is 9.73. The zero-order valence-electron chi connectivity index (χ0n) is 22.4. The number of ether oxygens (including phenoxy) is 1. The van der Waals surface area contributed by atoms with E-state index < -0.39 is 5.82 Å². The number of nitrogens with zero attached hydrogens (tertiary/aromatic N) is 4. The number of hydrogen-bond donors (Lipinski definition) is 3. The van der Waals surface area contributed by atoms with Crippen molar-refractivity contribution in [2.24, 2.45) is 17.4 Å². The minimum atomic E-state index is -0.497. The number of amides is 1. The molecule has 0 radical (unpaired) electrons. The fourth-order valence-corrected chi connectivity index (χ4v) is 4.90. The maximum Gasteiger partial charge on any atom is 0.254 e. The molecule has 9 nitrogen and oxygen atoms in total. The van der Waals surface area contributed by atoms with Crippen LogP contribution in [-0.2, 0) is 0 Å². The van der Waals surface area contributed by atoms with Crippen LogP contribution in [0.2, 0.25) is 0 Å². The van der Waals surface area contributed by atoms with Gasteiger partial charge in [-0.15, -0.1) is 0 Å². The van der Waals surface area contributed by atoms with E-state index in [0.29, 0.717) is 40.7 Å². The number of rotatable bonds is 7. The molecule has 5 rings (SSSR count). The maximum absolute atomic E-state index is 14.7. The Hall–Kier alpha value is -4.46. The molecule has 3 heterocycles. The zero-order valence-corrected chi connectivity index (χ0v) is 22.4. The van der Waals surface area contributed by atoms with Gasteiger partial charge in [-0.25, -0.2) is 14.4 Å². The predicted molar refractivity (Wildman–Crippen MR) is 153 cm³/mol. The molecule has 206 valence electrons. The van der Waals surface area contributed by atoms with Crippen molar-refractivity contribution in [2.45, 2.75) is 19.8 Å². The van der Waals surface area contributed by atoms with Crippen LogP contribution in [0, 0.1) is 30.5 Å². The average molecular weight is 542 g/mol. The molecule has 2 aromatic heterocycles. The lowest BCUT2D eigenvalue weighted by Gasteiger charge is -2.31. The third kappa shape index (κ3) is 5.76. The minimum absolute atomic E-state index is 0.0461. The number of piperidine rings is 1. The van der Waals surface area contributed by atoms with Gasteiger partial charge in [-0.1, -0.05) is 11.8 Å². The highest BCUT2D eigenvalue weighted by Crippen LogP contribution is 2.29. The van der Waals surface area contributed by atoms with E-state index in [4.69, 9.17) is 16.2 Å². The fourth-order valence-electron chi connectivity index (χ4n) is 4.90. The second kappa shape index (κ2) is 12.2. The molecule has 5 N–H and O–H groups in total. The van der Waals surface area contributed by atoms with Crippen LogP contribution >= 0.6 is 0 Å². The summed E-state index contributed by atoms with van der Waals surface area (Å²) < 4.78 is 21.9. The first-order chi connectivity index (χ1) is 19.5. The summed E-state index contributed by atoms with van der Waals surface area (Å²) in [5.41, 5.74) is 15.4. The zero-order chi connectivity index (χ0) is 28.1. The summed E-state index contributed by atoms with van der Waals surface area (Å²) in [4.78, 5) is 24.0. The van der Waals surface area contributed by atoms with Gasteiger partial charge in [0.2, 0.25) is 0 Å². The first-order valence-corrected chi connectivity index (χ1v) is 13.3. The van der Waals surface area contributed by atoms with Crippen LogP contribution in [0.15, 0.2) is 55.0 Å². The lowest BCUT2D eigenvalue weighted by atomic mass is 9.96. The molecule has 0 atom stereocenters. The molecule has 0 saturated carbocycles. The van der Waals surface area contributed by atoms with Crippen LogP contribution < -0.4 is 21.5 Å². The normalized spacial score (nSPS) is 13.7. The molecule has 1 aliphatic rings. The number of imidazole rings is 1. The molecule has 4 aromatic rings. The number of nitrogens with two attached hydrogens (primary N) is 2. The van der Waals surface area contributed by atoms with E-state index in [0.717, 1.165) is 37.2 Å². The second-order valence-corrected chi connectivity index (χ2v) is 9.73. The number of carbonyl (C=O) groups is 1. The Bertz CT molecular complexity index is 1580. The van der Waals surface area contributed by atoms with Crippen molar-refractivity contribution >= 4 is 23.1 Å². The molecule has 1 aliphatic heterocycles. The Labute approximate surface area is 232 Å². The molecule has 1 fully saturated rings. The highest BCUT2D eigenvalue weighted by atomic mass is 19.1. The lowest BCUT2D eigenvalue weighted by Crippen LogP contribution is -2.40. The molecule has 0 aliphatic carbocycles. The first kappa shape index (κ1) is 27.1. The molecule has 0 bridgehead atoms. The van der Waals surface area contributed by atoms with E-state index in [-0.39, 0.29) is 24.8 Å². The topological polar surface area (TPSA) is 124 Å². The molecule has 40 heavy (non-hydrogen) atoms. The first-order valence-electron chi connectivity index (χ1n) is 13.3. The van der Waals surface area contributed by atoms with Crippen molar-refractivity contribution in [1.82, 2.24) is 19.3 Å². The Morgan fingerprint density at radius 2 is 1.98 bits per heavy atom. The number of hydrogen-bond acceptors (Lipinski definition) is 7. The van der Waals surface area contributed by atoms with E-state index in [9.17, 15) is 9.18 Å². The quantitative estimate of drug-likeness (QED) is 0.305. The molecule has 10 heteroatoms. The van der Waals surface area contributed by atoms with Crippen molar-refractivity contribution < 1.29 is 13.9 Å². The number of carbonyl (C=O) groups excluding carboxylic acids is 1.